The third-order valence-electron chi connectivity index (χ3n) is 5.23. The number of sulfonamides is 1. The molecule has 0 unspecified atom stereocenters. The molecule has 0 aromatic heterocycles. The number of ether oxygens (including phenoxy) is 1. The zero-order valence-corrected chi connectivity index (χ0v) is 21.9. The van der Waals surface area contributed by atoms with E-state index < -0.39 is 15.9 Å². The molecule has 2 aromatic rings. The second-order valence-electron chi connectivity index (χ2n) is 7.88. The number of carbonyl (C=O) groups is 2. The van der Waals surface area contributed by atoms with Gasteiger partial charge in [0.1, 0.15) is 10.1 Å². The van der Waals surface area contributed by atoms with Crippen molar-refractivity contribution in [3.8, 4) is 5.75 Å². The van der Waals surface area contributed by atoms with E-state index in [1.54, 1.807) is 30.2 Å². The monoisotopic (exact) mass is 533 g/mol. The van der Waals surface area contributed by atoms with Gasteiger partial charge in [0, 0.05) is 13.0 Å². The molecule has 1 aliphatic rings. The molecule has 0 aliphatic carbocycles. The number of unbranched alkanes of at least 4 members (excludes halogenated alkanes) is 2. The molecule has 1 heterocycles. The Morgan fingerprint density at radius 1 is 1.09 bits per heavy atom. The van der Waals surface area contributed by atoms with Gasteiger partial charge in [-0.05, 0) is 55.7 Å². The first-order valence-electron chi connectivity index (χ1n) is 11.0. The molecular formula is C24H27N3O5S3. The van der Waals surface area contributed by atoms with E-state index in [1.807, 2.05) is 31.2 Å². The van der Waals surface area contributed by atoms with Crippen LogP contribution in [0.25, 0.3) is 6.08 Å². The minimum absolute atomic E-state index is 0.0768. The number of hydrogen-bond donors (Lipinski definition) is 2. The predicted molar refractivity (Wildman–Crippen MR) is 141 cm³/mol. The number of nitrogens with zero attached hydrogens (tertiary/aromatic N) is 1. The van der Waals surface area contributed by atoms with Gasteiger partial charge in [0.25, 0.3) is 15.9 Å². The molecule has 3 rings (SSSR count). The van der Waals surface area contributed by atoms with Crippen LogP contribution in [0, 0.1) is 6.92 Å². The lowest BCUT2D eigenvalue weighted by Gasteiger charge is -2.14. The van der Waals surface area contributed by atoms with Crippen LogP contribution in [0.1, 0.15) is 36.8 Å². The molecule has 1 fully saturated rings. The van der Waals surface area contributed by atoms with Crippen molar-refractivity contribution in [3.05, 3.63) is 64.6 Å². The van der Waals surface area contributed by atoms with Crippen LogP contribution >= 0.6 is 24.0 Å². The lowest BCUT2D eigenvalue weighted by atomic mass is 10.2. The largest absolute Gasteiger partial charge is 0.497 e. The summed E-state index contributed by atoms with van der Waals surface area (Å²) in [7, 11) is -2.22. The van der Waals surface area contributed by atoms with Crippen LogP contribution in [0.15, 0.2) is 58.3 Å². The second kappa shape index (κ2) is 12.3. The van der Waals surface area contributed by atoms with Crippen molar-refractivity contribution in [1.29, 1.82) is 0 Å². The molecule has 2 aromatic carbocycles. The van der Waals surface area contributed by atoms with E-state index >= 15 is 0 Å². The average molecular weight is 534 g/mol. The summed E-state index contributed by atoms with van der Waals surface area (Å²) in [5.41, 5.74) is 4.06. The van der Waals surface area contributed by atoms with Gasteiger partial charge in [-0.1, -0.05) is 60.2 Å². The zero-order valence-electron chi connectivity index (χ0n) is 19.4. The van der Waals surface area contributed by atoms with E-state index in [0.717, 1.165) is 16.9 Å². The Labute approximate surface area is 215 Å². The molecule has 0 saturated carbocycles. The highest BCUT2D eigenvalue weighted by Gasteiger charge is 2.31. The maximum absolute atomic E-state index is 12.7. The van der Waals surface area contributed by atoms with E-state index in [4.69, 9.17) is 17.0 Å². The maximum Gasteiger partial charge on any atom is 0.266 e. The number of aryl methyl sites for hydroxylation is 1. The Kier molecular flexibility index (Phi) is 9.44. The number of hydrogen-bond acceptors (Lipinski definition) is 7. The standard InChI is InChI=1S/C24H27N3O5S3/c1-17-7-13-20(14-8-17)35(30,31)26-25-22(28)6-4-3-5-15-27-23(29)21(34-24(27)33)16-18-9-11-19(32-2)12-10-18/h7-14,16,26H,3-6,15H2,1-2H3,(H,25,28). The first-order valence-corrected chi connectivity index (χ1v) is 13.7. The minimum atomic E-state index is -3.82. The van der Waals surface area contributed by atoms with Gasteiger partial charge >= 0.3 is 0 Å². The van der Waals surface area contributed by atoms with Gasteiger partial charge in [-0.25, -0.2) is 8.42 Å². The Balaban J connectivity index is 1.39. The fourth-order valence-corrected chi connectivity index (χ4v) is 5.41. The highest BCUT2D eigenvalue weighted by Crippen LogP contribution is 2.33. The third-order valence-corrected chi connectivity index (χ3v) is 7.87. The van der Waals surface area contributed by atoms with Crippen molar-refractivity contribution in [2.45, 2.75) is 37.5 Å². The number of thiocarbonyl (C=S) groups is 1. The third kappa shape index (κ3) is 7.63. The number of rotatable bonds is 11. The van der Waals surface area contributed by atoms with Crippen LogP contribution in [0.2, 0.25) is 0 Å². The van der Waals surface area contributed by atoms with Crippen molar-refractivity contribution >= 4 is 56.2 Å². The van der Waals surface area contributed by atoms with E-state index in [0.29, 0.717) is 35.0 Å². The summed E-state index contributed by atoms with van der Waals surface area (Å²) in [5, 5.41) is 0. The fourth-order valence-electron chi connectivity index (χ4n) is 3.24. The summed E-state index contributed by atoms with van der Waals surface area (Å²) in [5.74, 6) is 0.194. The Morgan fingerprint density at radius 2 is 1.77 bits per heavy atom. The van der Waals surface area contributed by atoms with Crippen LogP contribution in [0.5, 0.6) is 5.75 Å². The molecule has 0 bridgehead atoms. The number of amides is 2. The van der Waals surface area contributed by atoms with Gasteiger partial charge in [0.15, 0.2) is 0 Å². The van der Waals surface area contributed by atoms with Gasteiger partial charge in [0.05, 0.1) is 16.9 Å². The normalized spacial score (nSPS) is 15.0. The molecular weight excluding hydrogens is 506 g/mol. The van der Waals surface area contributed by atoms with Crippen molar-refractivity contribution in [2.24, 2.45) is 0 Å². The fraction of sp³-hybridized carbons (Fsp3) is 0.292. The molecule has 1 aliphatic heterocycles. The first-order chi connectivity index (χ1) is 16.7. The van der Waals surface area contributed by atoms with Crippen molar-refractivity contribution in [3.63, 3.8) is 0 Å². The average Bonchev–Trinajstić information content (AvgIpc) is 3.10. The lowest BCUT2D eigenvalue weighted by Crippen LogP contribution is -2.41. The highest BCUT2D eigenvalue weighted by molar-refractivity contribution is 8.26. The van der Waals surface area contributed by atoms with Crippen LogP contribution in [0.3, 0.4) is 0 Å². The van der Waals surface area contributed by atoms with E-state index in [2.05, 4.69) is 10.3 Å². The molecule has 1 saturated heterocycles. The highest BCUT2D eigenvalue weighted by atomic mass is 32.2. The molecule has 11 heteroatoms. The predicted octanol–water partition coefficient (Wildman–Crippen LogP) is 3.77. The Bertz CT molecular complexity index is 1210. The van der Waals surface area contributed by atoms with Gasteiger partial charge in [0.2, 0.25) is 5.91 Å². The van der Waals surface area contributed by atoms with E-state index in [9.17, 15) is 18.0 Å². The SMILES string of the molecule is COc1ccc(C=C2SC(=S)N(CCCCCC(=O)NNS(=O)(=O)c3ccc(C)cc3)C2=O)cc1. The quantitative estimate of drug-likeness (QED) is 0.196. The maximum atomic E-state index is 12.7. The van der Waals surface area contributed by atoms with Crippen LogP contribution in [-0.2, 0) is 19.6 Å². The molecule has 8 nitrogen and oxygen atoms in total. The summed E-state index contributed by atoms with van der Waals surface area (Å²) in [4.78, 5) is 29.1. The number of nitrogens with one attached hydrogen (secondary N) is 2. The molecule has 186 valence electrons. The zero-order chi connectivity index (χ0) is 25.4. The van der Waals surface area contributed by atoms with Gasteiger partial charge in [-0.2, -0.15) is 0 Å². The molecule has 2 amide bonds. The van der Waals surface area contributed by atoms with E-state index in [-0.39, 0.29) is 17.2 Å². The van der Waals surface area contributed by atoms with E-state index in [1.165, 1.54) is 23.9 Å². The number of benzene rings is 2. The first kappa shape index (κ1) is 26.9. The number of thioether (sulfide) groups is 1. The van der Waals surface area contributed by atoms with Crippen molar-refractivity contribution in [1.82, 2.24) is 15.2 Å². The van der Waals surface area contributed by atoms with Gasteiger partial charge in [-0.15, -0.1) is 4.83 Å². The topological polar surface area (TPSA) is 105 Å². The summed E-state index contributed by atoms with van der Waals surface area (Å²) in [6.07, 6.45) is 3.87. The molecule has 0 atom stereocenters. The van der Waals surface area contributed by atoms with Gasteiger partial charge in [-0.3, -0.25) is 19.9 Å². The molecule has 0 radical (unpaired) electrons. The molecule has 35 heavy (non-hydrogen) atoms. The van der Waals surface area contributed by atoms with Crippen LogP contribution < -0.4 is 15.0 Å². The number of hydrazine groups is 1. The summed E-state index contributed by atoms with van der Waals surface area (Å²) in [6, 6.07) is 13.7. The number of carbonyl (C=O) groups excluding carboxylic acids is 2. The molecule has 2 N–H and O–H groups in total. The van der Waals surface area contributed by atoms with Crippen LogP contribution in [-0.4, -0.2) is 43.1 Å². The minimum Gasteiger partial charge on any atom is -0.497 e. The smallest absolute Gasteiger partial charge is 0.266 e. The van der Waals surface area contributed by atoms with Crippen LogP contribution in [0.4, 0.5) is 0 Å². The Morgan fingerprint density at radius 3 is 2.43 bits per heavy atom. The summed E-state index contributed by atoms with van der Waals surface area (Å²) in [6.45, 7) is 2.32. The second-order valence-corrected chi connectivity index (χ2v) is 11.2. The van der Waals surface area contributed by atoms with Crippen molar-refractivity contribution in [2.75, 3.05) is 13.7 Å². The van der Waals surface area contributed by atoms with Crippen molar-refractivity contribution < 1.29 is 22.7 Å². The molecule has 0 spiro atoms. The number of methoxy groups -OCH3 is 1. The van der Waals surface area contributed by atoms with Gasteiger partial charge < -0.3 is 4.74 Å². The lowest BCUT2D eigenvalue weighted by molar-refractivity contribution is -0.123. The summed E-state index contributed by atoms with van der Waals surface area (Å²) < 4.78 is 30.1. The summed E-state index contributed by atoms with van der Waals surface area (Å²) >= 11 is 6.64. The Hall–Kier alpha value is -2.73.